The molecule has 0 fully saturated rings. The van der Waals surface area contributed by atoms with Crippen molar-refractivity contribution in [2.24, 2.45) is 5.41 Å². The van der Waals surface area contributed by atoms with Crippen LogP contribution in [0.5, 0.6) is 5.75 Å². The highest BCUT2D eigenvalue weighted by Crippen LogP contribution is 2.44. The van der Waals surface area contributed by atoms with Crippen LogP contribution in [-0.2, 0) is 22.5 Å². The van der Waals surface area contributed by atoms with Crippen LogP contribution in [0, 0.1) is 5.41 Å². The molecule has 224 valence electrons. The van der Waals surface area contributed by atoms with Crippen molar-refractivity contribution in [2.75, 3.05) is 7.11 Å². The van der Waals surface area contributed by atoms with E-state index in [1.54, 1.807) is 0 Å². The standard InChI is InChI=1S/C36H39ClN2O3S/c1-23(29-18-14-25-10-8-9-11-30(25)38-29)42-27-17-19-31-28(20-27)33(43-35(2,3)4)32(21-36(5,6)34(40)41-7)39(31)22-24-12-15-26(37)16-13-24/h8-20,23H,21-22H2,1-7H3. The van der Waals surface area contributed by atoms with E-state index in [0.717, 1.165) is 49.4 Å². The minimum Gasteiger partial charge on any atom is -0.484 e. The van der Waals surface area contributed by atoms with Gasteiger partial charge in [0.2, 0.25) is 0 Å². The van der Waals surface area contributed by atoms with Crippen molar-refractivity contribution in [1.29, 1.82) is 0 Å². The zero-order valence-electron chi connectivity index (χ0n) is 25.9. The van der Waals surface area contributed by atoms with Crippen LogP contribution in [-0.4, -0.2) is 27.4 Å². The Morgan fingerprint density at radius 1 is 0.977 bits per heavy atom. The van der Waals surface area contributed by atoms with Gasteiger partial charge in [0.05, 0.1) is 23.7 Å². The van der Waals surface area contributed by atoms with Crippen LogP contribution in [0.3, 0.4) is 0 Å². The second-order valence-corrected chi connectivity index (χ2v) is 14.9. The molecule has 1 unspecified atom stereocenters. The Labute approximate surface area is 263 Å². The van der Waals surface area contributed by atoms with Gasteiger partial charge in [-0.15, -0.1) is 11.8 Å². The van der Waals surface area contributed by atoms with E-state index in [9.17, 15) is 4.79 Å². The first-order valence-corrected chi connectivity index (χ1v) is 15.7. The minimum absolute atomic E-state index is 0.0668. The molecule has 2 aromatic heterocycles. The summed E-state index contributed by atoms with van der Waals surface area (Å²) >= 11 is 8.02. The van der Waals surface area contributed by atoms with Crippen LogP contribution < -0.4 is 4.74 Å². The number of ether oxygens (including phenoxy) is 2. The van der Waals surface area contributed by atoms with Crippen LogP contribution in [0.1, 0.15) is 64.6 Å². The number of hydrogen-bond donors (Lipinski definition) is 0. The molecule has 0 aliphatic rings. The molecule has 0 bridgehead atoms. The van der Waals surface area contributed by atoms with Gasteiger partial charge in [0.1, 0.15) is 11.9 Å². The lowest BCUT2D eigenvalue weighted by Crippen LogP contribution is -2.29. The highest BCUT2D eigenvalue weighted by molar-refractivity contribution is 8.00. The Balaban J connectivity index is 1.61. The van der Waals surface area contributed by atoms with Gasteiger partial charge in [-0.2, -0.15) is 0 Å². The van der Waals surface area contributed by atoms with Gasteiger partial charge >= 0.3 is 5.97 Å². The van der Waals surface area contributed by atoms with Crippen molar-refractivity contribution < 1.29 is 14.3 Å². The number of hydrogen-bond acceptors (Lipinski definition) is 5. The number of pyridine rings is 1. The first-order chi connectivity index (χ1) is 20.3. The fraction of sp³-hybridized carbons (Fsp3) is 0.333. The van der Waals surface area contributed by atoms with Gasteiger partial charge in [-0.05, 0) is 68.8 Å². The van der Waals surface area contributed by atoms with Gasteiger partial charge < -0.3 is 14.0 Å². The van der Waals surface area contributed by atoms with Gasteiger partial charge in [0.25, 0.3) is 0 Å². The molecule has 0 saturated heterocycles. The molecule has 0 aliphatic heterocycles. The number of esters is 1. The molecule has 7 heteroatoms. The van der Waals surface area contributed by atoms with Crippen molar-refractivity contribution in [3.63, 3.8) is 0 Å². The first kappa shape index (κ1) is 31.0. The summed E-state index contributed by atoms with van der Waals surface area (Å²) in [4.78, 5) is 18.9. The smallest absolute Gasteiger partial charge is 0.311 e. The SMILES string of the molecule is COC(=O)C(C)(C)Cc1c(SC(C)(C)C)c2cc(OC(C)c3ccc4ccccc4n3)ccc2n1Cc1ccc(Cl)cc1. The molecule has 0 radical (unpaired) electrons. The summed E-state index contributed by atoms with van der Waals surface area (Å²) in [5.41, 5.74) is 4.42. The van der Waals surface area contributed by atoms with E-state index >= 15 is 0 Å². The largest absolute Gasteiger partial charge is 0.484 e. The predicted molar refractivity (Wildman–Crippen MR) is 178 cm³/mol. The van der Waals surface area contributed by atoms with E-state index in [2.05, 4.69) is 61.7 Å². The van der Waals surface area contributed by atoms with Crippen LogP contribution in [0.25, 0.3) is 21.8 Å². The fourth-order valence-electron chi connectivity index (χ4n) is 5.32. The summed E-state index contributed by atoms with van der Waals surface area (Å²) in [5.74, 6) is 0.538. The van der Waals surface area contributed by atoms with Gasteiger partial charge in [-0.1, -0.05) is 68.8 Å². The predicted octanol–water partition coefficient (Wildman–Crippen LogP) is 9.66. The van der Waals surface area contributed by atoms with Crippen molar-refractivity contribution in [2.45, 2.75) is 70.3 Å². The number of methoxy groups -OCH3 is 1. The number of rotatable bonds is 9. The lowest BCUT2D eigenvalue weighted by molar-refractivity contribution is -0.150. The maximum absolute atomic E-state index is 12.9. The number of aromatic nitrogens is 2. The van der Waals surface area contributed by atoms with Gasteiger partial charge in [-0.3, -0.25) is 4.79 Å². The molecule has 43 heavy (non-hydrogen) atoms. The third-order valence-electron chi connectivity index (χ3n) is 7.45. The molecule has 5 nitrogen and oxygen atoms in total. The van der Waals surface area contributed by atoms with E-state index in [4.69, 9.17) is 26.1 Å². The lowest BCUT2D eigenvalue weighted by Gasteiger charge is -2.25. The second kappa shape index (κ2) is 12.3. The molecule has 5 aromatic rings. The van der Waals surface area contributed by atoms with Gasteiger partial charge in [0, 0.05) is 49.6 Å². The molecule has 5 rings (SSSR count). The number of benzene rings is 3. The number of carbonyl (C=O) groups excluding carboxylic acids is 1. The van der Waals surface area contributed by atoms with E-state index in [1.165, 1.54) is 7.11 Å². The average Bonchev–Trinajstić information content (AvgIpc) is 3.22. The topological polar surface area (TPSA) is 53.4 Å². The Morgan fingerprint density at radius 3 is 2.40 bits per heavy atom. The summed E-state index contributed by atoms with van der Waals surface area (Å²) in [6.45, 7) is 13.2. The maximum atomic E-state index is 12.9. The minimum atomic E-state index is -0.719. The summed E-state index contributed by atoms with van der Waals surface area (Å²) < 4.78 is 14.0. The highest BCUT2D eigenvalue weighted by atomic mass is 35.5. The normalized spacial score (nSPS) is 12.9. The summed E-state index contributed by atoms with van der Waals surface area (Å²) in [7, 11) is 1.45. The molecule has 0 aliphatic carbocycles. The molecule has 0 N–H and O–H groups in total. The van der Waals surface area contributed by atoms with Gasteiger partial charge in [0.15, 0.2) is 0 Å². The van der Waals surface area contributed by atoms with Crippen LogP contribution in [0.4, 0.5) is 0 Å². The summed E-state index contributed by atoms with van der Waals surface area (Å²) in [6, 6.07) is 26.4. The van der Waals surface area contributed by atoms with Crippen LogP contribution in [0.2, 0.25) is 5.02 Å². The van der Waals surface area contributed by atoms with Crippen molar-refractivity contribution >= 4 is 51.1 Å². The second-order valence-electron chi connectivity index (χ2n) is 12.6. The zero-order chi connectivity index (χ0) is 30.9. The van der Waals surface area contributed by atoms with E-state index in [-0.39, 0.29) is 16.8 Å². The Hall–Kier alpha value is -3.48. The van der Waals surface area contributed by atoms with Crippen molar-refractivity contribution in [3.8, 4) is 5.75 Å². The maximum Gasteiger partial charge on any atom is 0.311 e. The quantitative estimate of drug-likeness (QED) is 0.122. The van der Waals surface area contributed by atoms with E-state index in [0.29, 0.717) is 18.0 Å². The average molecular weight is 615 g/mol. The monoisotopic (exact) mass is 614 g/mol. The number of thioether (sulfide) groups is 1. The molecular formula is C36H39ClN2O3S. The molecule has 1 atom stereocenters. The Morgan fingerprint density at radius 2 is 1.70 bits per heavy atom. The molecular weight excluding hydrogens is 576 g/mol. The van der Waals surface area contributed by atoms with Crippen molar-refractivity contribution in [3.05, 3.63) is 101 Å². The number of nitrogens with zero attached hydrogens (tertiary/aromatic N) is 2. The van der Waals surface area contributed by atoms with E-state index < -0.39 is 5.41 Å². The summed E-state index contributed by atoms with van der Waals surface area (Å²) in [6.07, 6.45) is 0.281. The third kappa shape index (κ3) is 7.02. The lowest BCUT2D eigenvalue weighted by atomic mass is 9.87. The van der Waals surface area contributed by atoms with Crippen LogP contribution in [0.15, 0.2) is 83.8 Å². The van der Waals surface area contributed by atoms with Crippen molar-refractivity contribution in [1.82, 2.24) is 9.55 Å². The zero-order valence-corrected chi connectivity index (χ0v) is 27.5. The van der Waals surface area contributed by atoms with E-state index in [1.807, 2.05) is 75.0 Å². The molecule has 0 amide bonds. The molecule has 0 spiro atoms. The Bertz CT molecular complexity index is 1770. The molecule has 0 saturated carbocycles. The number of halogens is 1. The molecule has 2 heterocycles. The fourth-order valence-corrected chi connectivity index (χ4v) is 6.63. The Kier molecular flexibility index (Phi) is 8.82. The molecule has 3 aromatic carbocycles. The third-order valence-corrected chi connectivity index (χ3v) is 8.97. The number of carbonyl (C=O) groups is 1. The number of para-hydroxylation sites is 1. The summed E-state index contributed by atoms with van der Waals surface area (Å²) in [5, 5.41) is 2.91. The van der Waals surface area contributed by atoms with Gasteiger partial charge in [-0.25, -0.2) is 4.98 Å². The van der Waals surface area contributed by atoms with Crippen LogP contribution >= 0.6 is 23.4 Å². The number of fused-ring (bicyclic) bond motifs is 2. The first-order valence-electron chi connectivity index (χ1n) is 14.5. The highest BCUT2D eigenvalue weighted by Gasteiger charge is 2.34.